The fraction of sp³-hybridized carbons (Fsp3) is 0.278. The summed E-state index contributed by atoms with van der Waals surface area (Å²) in [6.45, 7) is 3.34. The summed E-state index contributed by atoms with van der Waals surface area (Å²) in [5.41, 5.74) is 0.927. The molecular weight excluding hydrogens is 342 g/mol. The summed E-state index contributed by atoms with van der Waals surface area (Å²) in [6, 6.07) is 6.46. The molecule has 1 saturated heterocycles. The maximum absolute atomic E-state index is 12.3. The molecule has 1 aromatic rings. The van der Waals surface area contributed by atoms with E-state index in [9.17, 15) is 14.4 Å². The number of hydrogen-bond acceptors (Lipinski definition) is 6. The van der Waals surface area contributed by atoms with Crippen molar-refractivity contribution in [2.45, 2.75) is 19.9 Å². The van der Waals surface area contributed by atoms with Crippen LogP contribution in [0, 0.1) is 0 Å². The highest BCUT2D eigenvalue weighted by Gasteiger charge is 2.41. The monoisotopic (exact) mass is 361 g/mol. The minimum Gasteiger partial charge on any atom is -0.497 e. The molecule has 1 fully saturated rings. The Kier molecular flexibility index (Phi) is 6.41. The van der Waals surface area contributed by atoms with Crippen molar-refractivity contribution in [3.8, 4) is 5.75 Å². The maximum Gasteiger partial charge on any atom is 0.329 e. The standard InChI is InChI=1S/C18H19NO5S/c1-4-24-17(21)12(2)19-16(20)15(25-18(19)22)7-5-6-13-8-10-14(23-3)11-9-13/h5-12H,4H2,1-3H3. The third-order valence-electron chi connectivity index (χ3n) is 3.49. The highest BCUT2D eigenvalue weighted by atomic mass is 32.2. The van der Waals surface area contributed by atoms with E-state index < -0.39 is 23.2 Å². The topological polar surface area (TPSA) is 72.9 Å². The second kappa shape index (κ2) is 8.53. The van der Waals surface area contributed by atoms with Crippen molar-refractivity contribution in [2.75, 3.05) is 13.7 Å². The quantitative estimate of drug-likeness (QED) is 0.572. The lowest BCUT2D eigenvalue weighted by atomic mass is 10.2. The van der Waals surface area contributed by atoms with Crippen LogP contribution in [-0.4, -0.2) is 41.8 Å². The zero-order chi connectivity index (χ0) is 18.4. The van der Waals surface area contributed by atoms with Gasteiger partial charge >= 0.3 is 5.97 Å². The summed E-state index contributed by atoms with van der Waals surface area (Å²) in [4.78, 5) is 37.3. The highest BCUT2D eigenvalue weighted by Crippen LogP contribution is 2.32. The summed E-state index contributed by atoms with van der Waals surface area (Å²) < 4.78 is 9.95. The molecule has 6 nitrogen and oxygen atoms in total. The molecule has 0 spiro atoms. The molecule has 1 aliphatic rings. The lowest BCUT2D eigenvalue weighted by Crippen LogP contribution is -2.42. The number of hydrogen-bond donors (Lipinski definition) is 0. The zero-order valence-corrected chi connectivity index (χ0v) is 15.0. The Balaban J connectivity index is 2.08. The number of allylic oxidation sites excluding steroid dienone is 2. The van der Waals surface area contributed by atoms with Crippen LogP contribution in [0.4, 0.5) is 4.79 Å². The average molecular weight is 361 g/mol. The third-order valence-corrected chi connectivity index (χ3v) is 4.39. The van der Waals surface area contributed by atoms with E-state index in [1.54, 1.807) is 26.2 Å². The van der Waals surface area contributed by atoms with Crippen LogP contribution in [0.5, 0.6) is 5.75 Å². The van der Waals surface area contributed by atoms with Gasteiger partial charge in [-0.25, -0.2) is 4.79 Å². The van der Waals surface area contributed by atoms with Crippen molar-refractivity contribution < 1.29 is 23.9 Å². The first-order valence-corrected chi connectivity index (χ1v) is 8.54. The van der Waals surface area contributed by atoms with Gasteiger partial charge in [-0.15, -0.1) is 0 Å². The largest absolute Gasteiger partial charge is 0.497 e. The minimum atomic E-state index is -0.941. The number of amides is 2. The van der Waals surface area contributed by atoms with Gasteiger partial charge in [0.1, 0.15) is 11.8 Å². The third kappa shape index (κ3) is 4.51. The molecule has 0 radical (unpaired) electrons. The fourth-order valence-corrected chi connectivity index (χ4v) is 3.02. The van der Waals surface area contributed by atoms with Crippen LogP contribution in [0.25, 0.3) is 6.08 Å². The molecule has 0 aromatic heterocycles. The number of esters is 1. The van der Waals surface area contributed by atoms with Crippen LogP contribution in [0.15, 0.2) is 41.3 Å². The van der Waals surface area contributed by atoms with Gasteiger partial charge < -0.3 is 9.47 Å². The van der Waals surface area contributed by atoms with Crippen LogP contribution in [0.1, 0.15) is 19.4 Å². The summed E-state index contributed by atoms with van der Waals surface area (Å²) in [5, 5.41) is -0.477. The predicted octanol–water partition coefficient (Wildman–Crippen LogP) is 3.24. The Morgan fingerprint density at radius 3 is 2.56 bits per heavy atom. The molecule has 0 bridgehead atoms. The number of imide groups is 1. The summed E-state index contributed by atoms with van der Waals surface area (Å²) in [6.07, 6.45) is 5.06. The predicted molar refractivity (Wildman–Crippen MR) is 96.0 cm³/mol. The van der Waals surface area contributed by atoms with E-state index in [1.807, 2.05) is 30.3 Å². The highest BCUT2D eigenvalue weighted by molar-refractivity contribution is 8.18. The number of thioether (sulfide) groups is 1. The van der Waals surface area contributed by atoms with Crippen molar-refractivity contribution >= 4 is 35.0 Å². The molecule has 2 rings (SSSR count). The molecule has 1 aromatic carbocycles. The van der Waals surface area contributed by atoms with Gasteiger partial charge in [0.25, 0.3) is 11.1 Å². The van der Waals surface area contributed by atoms with E-state index in [0.717, 1.165) is 28.0 Å². The molecule has 0 aliphatic carbocycles. The van der Waals surface area contributed by atoms with E-state index in [4.69, 9.17) is 9.47 Å². The van der Waals surface area contributed by atoms with Crippen LogP contribution >= 0.6 is 11.8 Å². The number of nitrogens with zero attached hydrogens (tertiary/aromatic N) is 1. The normalized spacial score (nSPS) is 17.4. The van der Waals surface area contributed by atoms with Gasteiger partial charge in [0.2, 0.25) is 0 Å². The molecule has 7 heteroatoms. The van der Waals surface area contributed by atoms with Gasteiger partial charge in [-0.05, 0) is 49.4 Å². The number of methoxy groups -OCH3 is 1. The van der Waals surface area contributed by atoms with Crippen LogP contribution in [-0.2, 0) is 14.3 Å². The first-order chi connectivity index (χ1) is 12.0. The van der Waals surface area contributed by atoms with Gasteiger partial charge in [0.15, 0.2) is 0 Å². The first-order valence-electron chi connectivity index (χ1n) is 7.72. The number of benzene rings is 1. The summed E-state index contributed by atoms with van der Waals surface area (Å²) in [7, 11) is 1.60. The smallest absolute Gasteiger partial charge is 0.329 e. The zero-order valence-electron chi connectivity index (χ0n) is 14.2. The van der Waals surface area contributed by atoms with Gasteiger partial charge in [-0.1, -0.05) is 24.3 Å². The number of carbonyl (C=O) groups is 3. The molecule has 25 heavy (non-hydrogen) atoms. The van der Waals surface area contributed by atoms with Crippen molar-refractivity contribution in [1.82, 2.24) is 4.90 Å². The maximum atomic E-state index is 12.3. The van der Waals surface area contributed by atoms with E-state index in [2.05, 4.69) is 0 Å². The van der Waals surface area contributed by atoms with Crippen LogP contribution in [0.2, 0.25) is 0 Å². The fourth-order valence-electron chi connectivity index (χ4n) is 2.16. The first kappa shape index (κ1) is 18.8. The average Bonchev–Trinajstić information content (AvgIpc) is 2.89. The van der Waals surface area contributed by atoms with Crippen LogP contribution in [0.3, 0.4) is 0 Å². The molecule has 0 N–H and O–H groups in total. The lowest BCUT2D eigenvalue weighted by Gasteiger charge is -2.19. The van der Waals surface area contributed by atoms with Crippen LogP contribution < -0.4 is 4.74 Å². The van der Waals surface area contributed by atoms with E-state index >= 15 is 0 Å². The van der Waals surface area contributed by atoms with Crippen molar-refractivity contribution in [1.29, 1.82) is 0 Å². The van der Waals surface area contributed by atoms with E-state index in [-0.39, 0.29) is 11.5 Å². The molecular formula is C18H19NO5S. The molecule has 1 heterocycles. The number of carbonyl (C=O) groups excluding carboxylic acids is 3. The lowest BCUT2D eigenvalue weighted by molar-refractivity contribution is -0.150. The Morgan fingerprint density at radius 2 is 1.96 bits per heavy atom. The molecule has 0 saturated carbocycles. The van der Waals surface area contributed by atoms with Gasteiger partial charge in [-0.2, -0.15) is 0 Å². The second-order valence-corrected chi connectivity index (χ2v) is 6.13. The van der Waals surface area contributed by atoms with Crippen molar-refractivity contribution in [2.24, 2.45) is 0 Å². The van der Waals surface area contributed by atoms with Gasteiger partial charge in [0, 0.05) is 0 Å². The molecule has 1 unspecified atom stereocenters. The van der Waals surface area contributed by atoms with Gasteiger partial charge in [-0.3, -0.25) is 14.5 Å². The Bertz CT molecular complexity index is 723. The minimum absolute atomic E-state index is 0.194. The summed E-state index contributed by atoms with van der Waals surface area (Å²) >= 11 is 0.806. The molecule has 132 valence electrons. The Morgan fingerprint density at radius 1 is 1.28 bits per heavy atom. The number of ether oxygens (including phenoxy) is 2. The molecule has 1 atom stereocenters. The molecule has 1 aliphatic heterocycles. The Hall–Kier alpha value is -2.54. The van der Waals surface area contributed by atoms with E-state index in [0.29, 0.717) is 0 Å². The van der Waals surface area contributed by atoms with Crippen molar-refractivity contribution in [3.05, 3.63) is 46.9 Å². The second-order valence-electron chi connectivity index (χ2n) is 5.13. The SMILES string of the molecule is CCOC(=O)C(C)N1C(=O)SC(=CC=Cc2ccc(OC)cc2)C1=O. The Labute approximate surface area is 150 Å². The molecule has 2 amide bonds. The number of rotatable bonds is 6. The van der Waals surface area contributed by atoms with Gasteiger partial charge in [0.05, 0.1) is 18.6 Å². The van der Waals surface area contributed by atoms with E-state index in [1.165, 1.54) is 6.92 Å². The summed E-state index contributed by atoms with van der Waals surface area (Å²) in [5.74, 6) is -0.332. The van der Waals surface area contributed by atoms with Crippen molar-refractivity contribution in [3.63, 3.8) is 0 Å².